The molecule has 4 aromatic rings. The Kier molecular flexibility index (Phi) is 5.80. The van der Waals surface area contributed by atoms with Crippen molar-refractivity contribution in [2.75, 3.05) is 6.61 Å². The summed E-state index contributed by atoms with van der Waals surface area (Å²) in [5, 5.41) is 2.98. The maximum absolute atomic E-state index is 12.4. The molecule has 0 unspecified atom stereocenters. The number of imidazole rings is 1. The number of nitrogens with one attached hydrogen (secondary N) is 1. The first-order valence-corrected chi connectivity index (χ1v) is 10.1. The average molecular weight is 399 g/mol. The van der Waals surface area contributed by atoms with E-state index < -0.39 is 0 Å². The summed E-state index contributed by atoms with van der Waals surface area (Å²) < 4.78 is 8.22. The molecule has 0 fully saturated rings. The summed E-state index contributed by atoms with van der Waals surface area (Å²) in [5.74, 6) is 1.63. The van der Waals surface area contributed by atoms with Gasteiger partial charge in [0, 0.05) is 5.56 Å². The van der Waals surface area contributed by atoms with Gasteiger partial charge in [0.15, 0.2) is 0 Å². The molecule has 0 saturated heterocycles. The van der Waals surface area contributed by atoms with Crippen molar-refractivity contribution in [3.63, 3.8) is 0 Å². The minimum atomic E-state index is -0.110. The fraction of sp³-hybridized carbons (Fsp3) is 0.200. The Morgan fingerprint density at radius 1 is 0.933 bits per heavy atom. The van der Waals surface area contributed by atoms with Crippen LogP contribution >= 0.6 is 0 Å². The van der Waals surface area contributed by atoms with Crippen molar-refractivity contribution in [3.05, 3.63) is 95.3 Å². The number of ether oxygens (including phenoxy) is 1. The number of amides is 1. The Labute approximate surface area is 176 Å². The highest BCUT2D eigenvalue weighted by molar-refractivity contribution is 5.94. The van der Waals surface area contributed by atoms with Crippen LogP contribution in [-0.2, 0) is 13.1 Å². The molecular weight excluding hydrogens is 374 g/mol. The van der Waals surface area contributed by atoms with Gasteiger partial charge in [0.05, 0.1) is 24.1 Å². The maximum atomic E-state index is 12.4. The number of aryl methyl sites for hydroxylation is 2. The standard InChI is InChI=1S/C25H25N3O2/c1-18-9-8-10-19(2)24(18)30-16-15-28-22-14-7-6-13-21(22)27-23(28)17-26-25(29)20-11-4-3-5-12-20/h3-14H,15-17H2,1-2H3,(H,26,29). The summed E-state index contributed by atoms with van der Waals surface area (Å²) in [6.45, 7) is 5.63. The molecule has 1 aromatic heterocycles. The van der Waals surface area contributed by atoms with E-state index in [9.17, 15) is 4.79 Å². The van der Waals surface area contributed by atoms with Crippen LogP contribution in [0.2, 0.25) is 0 Å². The molecule has 0 aliphatic heterocycles. The number of para-hydroxylation sites is 3. The van der Waals surface area contributed by atoms with Crippen LogP contribution < -0.4 is 10.1 Å². The van der Waals surface area contributed by atoms with Crippen molar-refractivity contribution in [2.45, 2.75) is 26.9 Å². The van der Waals surface area contributed by atoms with Crippen LogP contribution in [0.3, 0.4) is 0 Å². The van der Waals surface area contributed by atoms with E-state index in [1.165, 1.54) is 0 Å². The maximum Gasteiger partial charge on any atom is 0.251 e. The van der Waals surface area contributed by atoms with Crippen molar-refractivity contribution in [1.29, 1.82) is 0 Å². The van der Waals surface area contributed by atoms with Crippen LogP contribution in [0.1, 0.15) is 27.3 Å². The smallest absolute Gasteiger partial charge is 0.251 e. The minimum absolute atomic E-state index is 0.110. The first-order valence-electron chi connectivity index (χ1n) is 10.1. The second-order valence-corrected chi connectivity index (χ2v) is 7.29. The predicted octanol–water partition coefficient (Wildman–Crippen LogP) is 4.66. The zero-order valence-electron chi connectivity index (χ0n) is 17.3. The zero-order valence-corrected chi connectivity index (χ0v) is 17.3. The van der Waals surface area contributed by atoms with Gasteiger partial charge in [-0.1, -0.05) is 48.5 Å². The Morgan fingerprint density at radius 3 is 2.40 bits per heavy atom. The van der Waals surface area contributed by atoms with Gasteiger partial charge in [0.2, 0.25) is 0 Å². The number of carbonyl (C=O) groups excluding carboxylic acids is 1. The van der Waals surface area contributed by atoms with Gasteiger partial charge in [-0.2, -0.15) is 0 Å². The highest BCUT2D eigenvalue weighted by Crippen LogP contribution is 2.23. The van der Waals surface area contributed by atoms with Gasteiger partial charge in [-0.3, -0.25) is 4.79 Å². The molecule has 0 aliphatic rings. The predicted molar refractivity (Wildman–Crippen MR) is 119 cm³/mol. The van der Waals surface area contributed by atoms with Gasteiger partial charge in [-0.15, -0.1) is 0 Å². The summed E-state index contributed by atoms with van der Waals surface area (Å²) in [6.07, 6.45) is 0. The lowest BCUT2D eigenvalue weighted by molar-refractivity contribution is 0.0949. The second-order valence-electron chi connectivity index (χ2n) is 7.29. The number of aromatic nitrogens is 2. The van der Waals surface area contributed by atoms with E-state index in [1.54, 1.807) is 12.1 Å². The van der Waals surface area contributed by atoms with Gasteiger partial charge in [0.25, 0.3) is 5.91 Å². The molecule has 0 aliphatic carbocycles. The summed E-state index contributed by atoms with van der Waals surface area (Å²) in [4.78, 5) is 17.2. The van der Waals surface area contributed by atoms with Crippen LogP contribution in [0.4, 0.5) is 0 Å². The number of nitrogens with zero attached hydrogens (tertiary/aromatic N) is 2. The lowest BCUT2D eigenvalue weighted by atomic mass is 10.1. The number of carbonyl (C=O) groups is 1. The van der Waals surface area contributed by atoms with Crippen LogP contribution in [-0.4, -0.2) is 22.1 Å². The van der Waals surface area contributed by atoms with E-state index in [0.717, 1.165) is 33.7 Å². The average Bonchev–Trinajstić information content (AvgIpc) is 3.12. The molecule has 3 aromatic carbocycles. The van der Waals surface area contributed by atoms with Crippen molar-refractivity contribution in [2.24, 2.45) is 0 Å². The Hall–Kier alpha value is -3.60. The first-order chi connectivity index (χ1) is 14.6. The lowest BCUT2D eigenvalue weighted by Crippen LogP contribution is -2.25. The fourth-order valence-corrected chi connectivity index (χ4v) is 3.63. The molecule has 1 amide bonds. The third-order valence-corrected chi connectivity index (χ3v) is 5.15. The van der Waals surface area contributed by atoms with Crippen LogP contribution in [0.15, 0.2) is 72.8 Å². The largest absolute Gasteiger partial charge is 0.491 e. The number of hydrogen-bond donors (Lipinski definition) is 1. The monoisotopic (exact) mass is 399 g/mol. The first kappa shape index (κ1) is 19.7. The highest BCUT2D eigenvalue weighted by atomic mass is 16.5. The Morgan fingerprint density at radius 2 is 1.63 bits per heavy atom. The second kappa shape index (κ2) is 8.82. The summed E-state index contributed by atoms with van der Waals surface area (Å²) in [5.41, 5.74) is 4.83. The molecule has 152 valence electrons. The van der Waals surface area contributed by atoms with Crippen molar-refractivity contribution >= 4 is 16.9 Å². The summed E-state index contributed by atoms with van der Waals surface area (Å²) >= 11 is 0. The molecule has 0 radical (unpaired) electrons. The van der Waals surface area contributed by atoms with Gasteiger partial charge in [-0.25, -0.2) is 4.98 Å². The number of fused-ring (bicyclic) bond motifs is 1. The third-order valence-electron chi connectivity index (χ3n) is 5.15. The number of hydrogen-bond acceptors (Lipinski definition) is 3. The van der Waals surface area contributed by atoms with Crippen LogP contribution in [0, 0.1) is 13.8 Å². The van der Waals surface area contributed by atoms with Gasteiger partial charge in [0.1, 0.15) is 18.2 Å². The molecular formula is C25H25N3O2. The number of benzene rings is 3. The SMILES string of the molecule is Cc1cccc(C)c1OCCn1c(CNC(=O)c2ccccc2)nc2ccccc21. The van der Waals surface area contributed by atoms with E-state index in [1.807, 2.05) is 48.5 Å². The Bertz CT molecular complexity index is 1150. The fourth-order valence-electron chi connectivity index (χ4n) is 3.63. The topological polar surface area (TPSA) is 56.1 Å². The third kappa shape index (κ3) is 4.20. The lowest BCUT2D eigenvalue weighted by Gasteiger charge is -2.14. The van der Waals surface area contributed by atoms with E-state index in [2.05, 4.69) is 35.9 Å². The van der Waals surface area contributed by atoms with Crippen molar-refractivity contribution < 1.29 is 9.53 Å². The Balaban J connectivity index is 1.51. The number of rotatable bonds is 7. The van der Waals surface area contributed by atoms with E-state index in [-0.39, 0.29) is 5.91 Å². The highest BCUT2D eigenvalue weighted by Gasteiger charge is 2.13. The molecule has 5 heteroatoms. The van der Waals surface area contributed by atoms with E-state index >= 15 is 0 Å². The van der Waals surface area contributed by atoms with E-state index in [0.29, 0.717) is 25.3 Å². The molecule has 5 nitrogen and oxygen atoms in total. The quantitative estimate of drug-likeness (QED) is 0.492. The normalized spacial score (nSPS) is 10.9. The van der Waals surface area contributed by atoms with Crippen molar-refractivity contribution in [1.82, 2.24) is 14.9 Å². The van der Waals surface area contributed by atoms with E-state index in [4.69, 9.17) is 9.72 Å². The molecule has 1 heterocycles. The summed E-state index contributed by atoms with van der Waals surface area (Å²) in [6, 6.07) is 23.4. The van der Waals surface area contributed by atoms with Gasteiger partial charge in [-0.05, 0) is 49.2 Å². The molecule has 0 spiro atoms. The van der Waals surface area contributed by atoms with Crippen LogP contribution in [0.25, 0.3) is 11.0 Å². The van der Waals surface area contributed by atoms with Gasteiger partial charge < -0.3 is 14.6 Å². The van der Waals surface area contributed by atoms with Crippen molar-refractivity contribution in [3.8, 4) is 5.75 Å². The zero-order chi connectivity index (χ0) is 20.9. The van der Waals surface area contributed by atoms with Crippen LogP contribution in [0.5, 0.6) is 5.75 Å². The molecule has 4 rings (SSSR count). The molecule has 0 bridgehead atoms. The molecule has 0 saturated carbocycles. The van der Waals surface area contributed by atoms with Gasteiger partial charge >= 0.3 is 0 Å². The minimum Gasteiger partial charge on any atom is -0.491 e. The summed E-state index contributed by atoms with van der Waals surface area (Å²) in [7, 11) is 0. The molecule has 30 heavy (non-hydrogen) atoms. The molecule has 1 N–H and O–H groups in total. The molecule has 0 atom stereocenters.